The molecule has 2 aliphatic rings. The van der Waals surface area contributed by atoms with Gasteiger partial charge in [-0.2, -0.15) is 0 Å². The number of hydrogen-bond acceptors (Lipinski definition) is 5. The number of aryl methyl sites for hydroxylation is 2. The molecule has 2 atom stereocenters. The number of nitrogens with zero attached hydrogens (tertiary/aromatic N) is 2. The Morgan fingerprint density at radius 1 is 0.744 bits per heavy atom. The van der Waals surface area contributed by atoms with Crippen LogP contribution in [0.1, 0.15) is 38.8 Å². The van der Waals surface area contributed by atoms with E-state index < -0.39 is 0 Å². The molecule has 5 nitrogen and oxygen atoms in total. The van der Waals surface area contributed by atoms with Gasteiger partial charge >= 0.3 is 0 Å². The van der Waals surface area contributed by atoms with Crippen LogP contribution in [0, 0.1) is 28.7 Å². The second kappa shape index (κ2) is 29.5. The van der Waals surface area contributed by atoms with Crippen LogP contribution in [-0.4, -0.2) is 72.5 Å². The number of phenols is 1. The molecule has 0 saturated heterocycles. The topological polar surface area (TPSA) is 56.2 Å². The van der Waals surface area contributed by atoms with E-state index in [1.807, 2.05) is 84.1 Å². The van der Waals surface area contributed by atoms with Crippen molar-refractivity contribution >= 4 is 0 Å². The molecule has 2 N–H and O–H groups in total. The minimum absolute atomic E-state index is 0. The monoisotopic (exact) mass is 616 g/mol. The molecule has 4 rings (SSSR count). The van der Waals surface area contributed by atoms with Crippen LogP contribution >= 0.6 is 0 Å². The van der Waals surface area contributed by atoms with E-state index in [9.17, 15) is 0 Å². The summed E-state index contributed by atoms with van der Waals surface area (Å²) in [5.74, 6) is 1.36. The van der Waals surface area contributed by atoms with Crippen molar-refractivity contribution in [2.45, 2.75) is 53.6 Å². The zero-order valence-electron chi connectivity index (χ0n) is 26.0. The number of phenolic OH excluding ortho intramolecular Hbond substituents is 1. The standard InChI is InChI=1S/C13H17NO.C7H8O.C6H11NO.2C2H6.2CH3.2V/c1-11-6-3-4-8-13(11)15-10-12-7-5-9-14(12)2;1-6-4-2-3-5-7(6)8;1-7-4-2-3-6(7)5-8;2*1-2;;;;/h3-8,12H,9-10H2,1-2H3;2-5,8H,1H3;2-3,6,8H,4-5H2,1H3;2*1-2H3;2*1H3;;/q;;;;;2*-1;;. The Balaban J connectivity index is -0.000000140. The van der Waals surface area contributed by atoms with Gasteiger partial charge in [-0.25, -0.2) is 0 Å². The molecule has 2 radical (unpaired) electrons. The molecule has 2 heterocycles. The number of likely N-dealkylation sites (N-methyl/N-ethyl adjacent to an activating group) is 2. The summed E-state index contributed by atoms with van der Waals surface area (Å²) in [6.45, 7) is 14.9. The average molecular weight is 617 g/mol. The van der Waals surface area contributed by atoms with Crippen LogP contribution < -0.4 is 4.74 Å². The second-order valence-corrected chi connectivity index (χ2v) is 7.92. The summed E-state index contributed by atoms with van der Waals surface area (Å²) >= 11 is 0. The molecule has 0 fully saturated rings. The third-order valence-corrected chi connectivity index (χ3v) is 5.44. The second-order valence-electron chi connectivity index (χ2n) is 7.92. The fourth-order valence-corrected chi connectivity index (χ4v) is 3.17. The van der Waals surface area contributed by atoms with Crippen LogP contribution in [-0.2, 0) is 37.1 Å². The summed E-state index contributed by atoms with van der Waals surface area (Å²) in [6, 6.07) is 16.1. The van der Waals surface area contributed by atoms with Gasteiger partial charge in [-0.3, -0.25) is 9.80 Å². The van der Waals surface area contributed by atoms with Crippen LogP contribution in [0.15, 0.2) is 72.8 Å². The molecule has 2 aliphatic heterocycles. The van der Waals surface area contributed by atoms with Gasteiger partial charge in [-0.1, -0.05) is 88.4 Å². The van der Waals surface area contributed by atoms with Gasteiger partial charge in [-0.15, -0.1) is 0 Å². The average Bonchev–Trinajstić information content (AvgIpc) is 3.51. The number of ether oxygens (including phenoxy) is 1. The smallest absolute Gasteiger partial charge is 0.122 e. The van der Waals surface area contributed by atoms with E-state index in [0.717, 1.165) is 31.0 Å². The van der Waals surface area contributed by atoms with Crippen molar-refractivity contribution in [1.29, 1.82) is 0 Å². The van der Waals surface area contributed by atoms with E-state index in [2.05, 4.69) is 48.1 Å². The Morgan fingerprint density at radius 2 is 1.18 bits per heavy atom. The van der Waals surface area contributed by atoms with Gasteiger partial charge in [0.2, 0.25) is 0 Å². The van der Waals surface area contributed by atoms with Gasteiger partial charge in [-0.05, 0) is 51.2 Å². The maximum absolute atomic E-state index is 8.92. The third kappa shape index (κ3) is 19.3. The summed E-state index contributed by atoms with van der Waals surface area (Å²) in [7, 11) is 4.12. The zero-order chi connectivity index (χ0) is 26.6. The number of aliphatic hydroxyl groups excluding tert-OH is 1. The number of benzene rings is 2. The molecule has 2 unspecified atom stereocenters. The Bertz CT molecular complexity index is 842. The molecule has 0 saturated carbocycles. The molecule has 39 heavy (non-hydrogen) atoms. The predicted octanol–water partition coefficient (Wildman–Crippen LogP) is 6.74. The van der Waals surface area contributed by atoms with Gasteiger partial charge in [0.25, 0.3) is 0 Å². The van der Waals surface area contributed by atoms with E-state index >= 15 is 0 Å². The molecule has 0 amide bonds. The van der Waals surface area contributed by atoms with Gasteiger partial charge in [0.05, 0.1) is 18.7 Å². The normalized spacial score (nSPS) is 16.2. The van der Waals surface area contributed by atoms with Gasteiger partial charge in [0.15, 0.2) is 0 Å². The quantitative estimate of drug-likeness (QED) is 0.295. The van der Waals surface area contributed by atoms with Crippen molar-refractivity contribution in [3.05, 3.63) is 98.8 Å². The Labute approximate surface area is 265 Å². The van der Waals surface area contributed by atoms with Crippen LogP contribution in [0.25, 0.3) is 0 Å². The molecule has 0 spiro atoms. The van der Waals surface area contributed by atoms with Crippen molar-refractivity contribution in [1.82, 2.24) is 9.80 Å². The van der Waals surface area contributed by atoms with Crippen molar-refractivity contribution in [3.8, 4) is 11.5 Å². The van der Waals surface area contributed by atoms with E-state index in [4.69, 9.17) is 14.9 Å². The largest absolute Gasteiger partial charge is 0.508 e. The molecule has 0 aromatic heterocycles. The number of para-hydroxylation sites is 2. The molecule has 2 aromatic carbocycles. The first-order valence-corrected chi connectivity index (χ1v) is 12.7. The third-order valence-electron chi connectivity index (χ3n) is 5.44. The van der Waals surface area contributed by atoms with E-state index in [0.29, 0.717) is 11.8 Å². The first-order valence-electron chi connectivity index (χ1n) is 12.7. The predicted molar refractivity (Wildman–Crippen MR) is 163 cm³/mol. The fourth-order valence-electron chi connectivity index (χ4n) is 3.17. The minimum atomic E-state index is 0. The molecule has 0 aliphatic carbocycles. The van der Waals surface area contributed by atoms with Crippen LogP contribution in [0.4, 0.5) is 0 Å². The Hall–Kier alpha value is -1.43. The molecular formula is C32H54N2O3V2-2. The molecular weight excluding hydrogens is 562 g/mol. The maximum Gasteiger partial charge on any atom is 0.122 e. The molecule has 7 heteroatoms. The SMILES string of the molecule is CC.CC.CN1CC=CC1CO.Cc1ccccc1O.Cc1ccccc1OCC1C=CCN1C.[CH3-].[CH3-].[V].[V]. The van der Waals surface area contributed by atoms with Crippen LogP contribution in [0.3, 0.4) is 0 Å². The van der Waals surface area contributed by atoms with Crippen LogP contribution in [0.5, 0.6) is 11.5 Å². The number of rotatable bonds is 4. The number of hydrogen-bond donors (Lipinski definition) is 2. The summed E-state index contributed by atoms with van der Waals surface area (Å²) < 4.78 is 5.80. The first kappa shape index (κ1) is 47.4. The number of aliphatic hydroxyl groups is 1. The van der Waals surface area contributed by atoms with Crippen molar-refractivity contribution in [2.24, 2.45) is 0 Å². The van der Waals surface area contributed by atoms with E-state index in [1.54, 1.807) is 6.07 Å². The summed E-state index contributed by atoms with van der Waals surface area (Å²) in [4.78, 5) is 4.37. The number of aromatic hydroxyl groups is 1. The van der Waals surface area contributed by atoms with Crippen molar-refractivity contribution < 1.29 is 52.1 Å². The zero-order valence-corrected chi connectivity index (χ0v) is 28.8. The van der Waals surface area contributed by atoms with Crippen molar-refractivity contribution in [2.75, 3.05) is 40.4 Å². The molecule has 2 aromatic rings. The Kier molecular flexibility index (Phi) is 35.9. The first-order chi connectivity index (χ1) is 16.9. The van der Waals surface area contributed by atoms with Gasteiger partial charge in [0.1, 0.15) is 18.1 Å². The van der Waals surface area contributed by atoms with E-state index in [-0.39, 0.29) is 64.6 Å². The van der Waals surface area contributed by atoms with Gasteiger partial charge in [0, 0.05) is 50.2 Å². The summed E-state index contributed by atoms with van der Waals surface area (Å²) in [5.41, 5.74) is 2.12. The van der Waals surface area contributed by atoms with Crippen LogP contribution in [0.2, 0.25) is 0 Å². The molecule has 0 bridgehead atoms. The van der Waals surface area contributed by atoms with Gasteiger partial charge < -0.3 is 29.8 Å². The summed E-state index contributed by atoms with van der Waals surface area (Å²) in [6.07, 6.45) is 8.49. The fraction of sp³-hybridized carbons (Fsp3) is 0.438. The maximum atomic E-state index is 8.92. The summed E-state index contributed by atoms with van der Waals surface area (Å²) in [5, 5.41) is 17.6. The molecule has 222 valence electrons. The minimum Gasteiger partial charge on any atom is -0.508 e. The Morgan fingerprint density at radius 3 is 1.51 bits per heavy atom. The van der Waals surface area contributed by atoms with Crippen molar-refractivity contribution in [3.63, 3.8) is 0 Å². The van der Waals surface area contributed by atoms with E-state index in [1.165, 1.54) is 5.56 Å².